The molecule has 156 valence electrons. The molecule has 1 aromatic carbocycles. The van der Waals surface area contributed by atoms with Gasteiger partial charge in [0.15, 0.2) is 5.82 Å². The molecule has 11 heteroatoms. The van der Waals surface area contributed by atoms with E-state index in [1.165, 1.54) is 18.2 Å². The lowest BCUT2D eigenvalue weighted by atomic mass is 10.1. The molecule has 0 atom stereocenters. The lowest BCUT2D eigenvalue weighted by Gasteiger charge is -2.28. The van der Waals surface area contributed by atoms with E-state index in [0.717, 1.165) is 24.8 Å². The molecule has 2 aromatic rings. The van der Waals surface area contributed by atoms with Gasteiger partial charge in [-0.3, -0.25) is 0 Å². The average Bonchev–Trinajstić information content (AvgIpc) is 2.72. The third-order valence-corrected chi connectivity index (χ3v) is 4.21. The second kappa shape index (κ2) is 9.41. The molecule has 1 aliphatic rings. The molecule has 8 nitrogen and oxygen atoms in total. The number of anilines is 3. The van der Waals surface area contributed by atoms with Crippen LogP contribution in [-0.2, 0) is 10.9 Å². The first-order valence-corrected chi connectivity index (χ1v) is 9.04. The number of nitrogens with zero attached hydrogens (tertiary/aromatic N) is 3. The van der Waals surface area contributed by atoms with Crippen molar-refractivity contribution in [3.8, 4) is 0 Å². The van der Waals surface area contributed by atoms with E-state index in [1.54, 1.807) is 6.20 Å². The van der Waals surface area contributed by atoms with Gasteiger partial charge in [-0.25, -0.2) is 4.79 Å². The number of hydrogen-bond acceptors (Lipinski definition) is 6. The summed E-state index contributed by atoms with van der Waals surface area (Å²) >= 11 is 0. The summed E-state index contributed by atoms with van der Waals surface area (Å²) in [5.74, 6) is 0.540. The van der Waals surface area contributed by atoms with Gasteiger partial charge in [0.2, 0.25) is 0 Å². The molecule has 0 saturated carbocycles. The molecule has 1 fully saturated rings. The molecular formula is C18H21F3N6O2. The third kappa shape index (κ3) is 5.95. The van der Waals surface area contributed by atoms with Crippen LogP contribution in [0.5, 0.6) is 0 Å². The number of morpholine rings is 1. The van der Waals surface area contributed by atoms with Crippen LogP contribution < -0.4 is 20.9 Å². The van der Waals surface area contributed by atoms with Crippen molar-refractivity contribution in [2.75, 3.05) is 54.9 Å². The number of rotatable bonds is 6. The van der Waals surface area contributed by atoms with Gasteiger partial charge in [-0.2, -0.15) is 18.3 Å². The lowest BCUT2D eigenvalue weighted by molar-refractivity contribution is -0.136. The number of amides is 2. The normalized spacial score (nSPS) is 14.4. The van der Waals surface area contributed by atoms with E-state index in [-0.39, 0.29) is 12.2 Å². The van der Waals surface area contributed by atoms with Gasteiger partial charge in [0, 0.05) is 32.2 Å². The zero-order valence-corrected chi connectivity index (χ0v) is 15.5. The summed E-state index contributed by atoms with van der Waals surface area (Å²) in [6, 6.07) is 5.92. The Labute approximate surface area is 165 Å². The Balaban J connectivity index is 1.46. The van der Waals surface area contributed by atoms with Crippen LogP contribution in [0.25, 0.3) is 0 Å². The molecule has 0 bridgehead atoms. The number of ether oxygens (including phenoxy) is 1. The predicted octanol–water partition coefficient (Wildman–Crippen LogP) is 2.57. The standard InChI is InChI=1S/C18H21F3N6O2/c19-18(20,21)14-3-1-2-4-15(14)25-17(28)23-6-5-22-16-11-13(12-24-26-16)27-7-9-29-10-8-27/h1-4,11-12H,5-10H2,(H,22,26)(H2,23,25,28). The van der Waals surface area contributed by atoms with Gasteiger partial charge in [0.1, 0.15) is 0 Å². The van der Waals surface area contributed by atoms with Gasteiger partial charge in [-0.1, -0.05) is 12.1 Å². The summed E-state index contributed by atoms with van der Waals surface area (Å²) in [4.78, 5) is 14.0. The zero-order valence-electron chi connectivity index (χ0n) is 15.5. The summed E-state index contributed by atoms with van der Waals surface area (Å²) < 4.78 is 44.2. The molecule has 0 unspecified atom stereocenters. The number of urea groups is 1. The minimum atomic E-state index is -4.55. The van der Waals surface area contributed by atoms with E-state index in [2.05, 4.69) is 31.0 Å². The highest BCUT2D eigenvalue weighted by Gasteiger charge is 2.33. The third-order valence-electron chi connectivity index (χ3n) is 4.21. The van der Waals surface area contributed by atoms with E-state index in [9.17, 15) is 18.0 Å². The van der Waals surface area contributed by atoms with Gasteiger partial charge in [0.25, 0.3) is 0 Å². The quantitative estimate of drug-likeness (QED) is 0.634. The van der Waals surface area contributed by atoms with Crippen LogP contribution >= 0.6 is 0 Å². The highest BCUT2D eigenvalue weighted by atomic mass is 19.4. The maximum atomic E-state index is 13.0. The molecule has 3 rings (SSSR count). The van der Waals surface area contributed by atoms with E-state index >= 15 is 0 Å². The predicted molar refractivity (Wildman–Crippen MR) is 102 cm³/mol. The number of para-hydroxylation sites is 1. The number of alkyl halides is 3. The fourth-order valence-corrected chi connectivity index (χ4v) is 2.81. The summed E-state index contributed by atoms with van der Waals surface area (Å²) in [6.07, 6.45) is -2.88. The highest BCUT2D eigenvalue weighted by molar-refractivity contribution is 5.90. The summed E-state index contributed by atoms with van der Waals surface area (Å²) in [6.45, 7) is 3.36. The molecule has 29 heavy (non-hydrogen) atoms. The minimum Gasteiger partial charge on any atom is -0.378 e. The Bertz CT molecular complexity index is 827. The van der Waals surface area contributed by atoms with Crippen LogP contribution in [0, 0.1) is 0 Å². The van der Waals surface area contributed by atoms with E-state index < -0.39 is 17.8 Å². The smallest absolute Gasteiger partial charge is 0.378 e. The summed E-state index contributed by atoms with van der Waals surface area (Å²) in [7, 11) is 0. The van der Waals surface area contributed by atoms with E-state index in [4.69, 9.17) is 4.74 Å². The fraction of sp³-hybridized carbons (Fsp3) is 0.389. The molecule has 0 spiro atoms. The maximum absolute atomic E-state index is 13.0. The molecule has 2 amide bonds. The zero-order chi connectivity index (χ0) is 20.7. The molecule has 0 radical (unpaired) electrons. The Kier molecular flexibility index (Phi) is 6.70. The molecule has 1 aliphatic heterocycles. The van der Waals surface area contributed by atoms with Gasteiger partial charge in [0.05, 0.1) is 36.3 Å². The number of aromatic nitrogens is 2. The average molecular weight is 410 g/mol. The second-order valence-electron chi connectivity index (χ2n) is 6.25. The van der Waals surface area contributed by atoms with Crippen LogP contribution in [-0.4, -0.2) is 55.6 Å². The van der Waals surface area contributed by atoms with Crippen molar-refractivity contribution >= 4 is 23.2 Å². The first-order valence-electron chi connectivity index (χ1n) is 9.04. The molecule has 3 N–H and O–H groups in total. The Morgan fingerprint density at radius 1 is 1.17 bits per heavy atom. The molecule has 1 saturated heterocycles. The monoisotopic (exact) mass is 410 g/mol. The van der Waals surface area contributed by atoms with Crippen molar-refractivity contribution in [3.63, 3.8) is 0 Å². The number of nitrogens with one attached hydrogen (secondary N) is 3. The summed E-state index contributed by atoms with van der Waals surface area (Å²) in [5, 5.41) is 15.7. The van der Waals surface area contributed by atoms with Crippen LogP contribution in [0.2, 0.25) is 0 Å². The first kappa shape index (κ1) is 20.6. The van der Waals surface area contributed by atoms with Crippen molar-refractivity contribution in [2.24, 2.45) is 0 Å². The fourth-order valence-electron chi connectivity index (χ4n) is 2.81. The van der Waals surface area contributed by atoms with Crippen molar-refractivity contribution in [3.05, 3.63) is 42.1 Å². The molecular weight excluding hydrogens is 389 g/mol. The van der Waals surface area contributed by atoms with Gasteiger partial charge >= 0.3 is 12.2 Å². The second-order valence-corrected chi connectivity index (χ2v) is 6.25. The molecule has 1 aromatic heterocycles. The van der Waals surface area contributed by atoms with Gasteiger partial charge < -0.3 is 25.6 Å². The Hall–Kier alpha value is -3.08. The number of halogens is 3. The first-order chi connectivity index (χ1) is 13.9. The molecule has 0 aliphatic carbocycles. The van der Waals surface area contributed by atoms with Crippen LogP contribution in [0.15, 0.2) is 36.5 Å². The number of carbonyl (C=O) groups excluding carboxylic acids is 1. The van der Waals surface area contributed by atoms with Crippen LogP contribution in [0.4, 0.5) is 35.2 Å². The maximum Gasteiger partial charge on any atom is 0.418 e. The minimum absolute atomic E-state index is 0.184. The van der Waals surface area contributed by atoms with Crippen LogP contribution in [0.3, 0.4) is 0 Å². The van der Waals surface area contributed by atoms with Crippen molar-refractivity contribution < 1.29 is 22.7 Å². The molecule has 2 heterocycles. The van der Waals surface area contributed by atoms with Crippen molar-refractivity contribution in [2.45, 2.75) is 6.18 Å². The lowest BCUT2D eigenvalue weighted by Crippen LogP contribution is -2.36. The van der Waals surface area contributed by atoms with Gasteiger partial charge in [-0.05, 0) is 12.1 Å². The number of benzene rings is 1. The number of carbonyl (C=O) groups is 1. The highest BCUT2D eigenvalue weighted by Crippen LogP contribution is 2.34. The number of hydrogen-bond donors (Lipinski definition) is 3. The van der Waals surface area contributed by atoms with Gasteiger partial charge in [-0.15, -0.1) is 5.10 Å². The van der Waals surface area contributed by atoms with Crippen LogP contribution in [0.1, 0.15) is 5.56 Å². The summed E-state index contributed by atoms with van der Waals surface area (Å²) in [5.41, 5.74) is -0.279. The SMILES string of the molecule is O=C(NCCNc1cc(N2CCOCC2)cnn1)Nc1ccccc1C(F)(F)F. The Morgan fingerprint density at radius 2 is 1.93 bits per heavy atom. The van der Waals surface area contributed by atoms with Crippen molar-refractivity contribution in [1.29, 1.82) is 0 Å². The Morgan fingerprint density at radius 3 is 2.69 bits per heavy atom. The largest absolute Gasteiger partial charge is 0.418 e. The van der Waals surface area contributed by atoms with E-state index in [0.29, 0.717) is 25.6 Å². The van der Waals surface area contributed by atoms with Crippen molar-refractivity contribution in [1.82, 2.24) is 15.5 Å². The van der Waals surface area contributed by atoms with E-state index in [1.807, 2.05) is 6.07 Å². The topological polar surface area (TPSA) is 91.4 Å².